The lowest BCUT2D eigenvalue weighted by Gasteiger charge is -2.35. The van der Waals surface area contributed by atoms with Crippen LogP contribution in [0.4, 0.5) is 5.95 Å². The summed E-state index contributed by atoms with van der Waals surface area (Å²) in [5.74, 6) is 2.02. The molecule has 2 heterocycles. The summed E-state index contributed by atoms with van der Waals surface area (Å²) in [6, 6.07) is 0.449. The first-order valence-corrected chi connectivity index (χ1v) is 7.75. The molecule has 5 nitrogen and oxygen atoms in total. The maximum absolute atomic E-state index is 6.24. The summed E-state index contributed by atoms with van der Waals surface area (Å²) in [7, 11) is 0. The molecule has 2 aromatic heterocycles. The normalized spacial score (nSPS) is 27.3. The van der Waals surface area contributed by atoms with E-state index in [1.807, 2.05) is 11.6 Å². The molecule has 0 amide bonds. The van der Waals surface area contributed by atoms with Gasteiger partial charge in [-0.3, -0.25) is 4.57 Å². The SMILES string of the molecule is CCn1nc(C)c2nc(N)n(C3CCCC(C)C3C)c21. The second-order valence-electron chi connectivity index (χ2n) is 6.25. The Morgan fingerprint density at radius 2 is 2.05 bits per heavy atom. The van der Waals surface area contributed by atoms with Crippen LogP contribution in [0.1, 0.15) is 51.8 Å². The van der Waals surface area contributed by atoms with Gasteiger partial charge in [-0.1, -0.05) is 26.7 Å². The third-order valence-corrected chi connectivity index (χ3v) is 5.07. The van der Waals surface area contributed by atoms with Gasteiger partial charge >= 0.3 is 0 Å². The highest BCUT2D eigenvalue weighted by molar-refractivity contribution is 5.77. The van der Waals surface area contributed by atoms with E-state index in [1.165, 1.54) is 19.3 Å². The number of aryl methyl sites for hydroxylation is 2. The van der Waals surface area contributed by atoms with Gasteiger partial charge in [0.1, 0.15) is 5.52 Å². The van der Waals surface area contributed by atoms with Crippen molar-refractivity contribution in [2.24, 2.45) is 11.8 Å². The molecule has 1 aliphatic carbocycles. The summed E-state index contributed by atoms with van der Waals surface area (Å²) in [5, 5.41) is 4.59. The Labute approximate surface area is 120 Å². The van der Waals surface area contributed by atoms with E-state index in [2.05, 4.69) is 35.4 Å². The van der Waals surface area contributed by atoms with Crippen molar-refractivity contribution in [1.82, 2.24) is 19.3 Å². The van der Waals surface area contributed by atoms with Crippen molar-refractivity contribution in [2.45, 2.75) is 59.5 Å². The molecule has 1 fully saturated rings. The van der Waals surface area contributed by atoms with E-state index in [4.69, 9.17) is 5.73 Å². The summed E-state index contributed by atoms with van der Waals surface area (Å²) in [6.45, 7) is 9.68. The molecule has 3 unspecified atom stereocenters. The highest BCUT2D eigenvalue weighted by Gasteiger charge is 2.32. The number of hydrogen-bond acceptors (Lipinski definition) is 3. The zero-order valence-corrected chi connectivity index (χ0v) is 12.9. The summed E-state index contributed by atoms with van der Waals surface area (Å²) in [4.78, 5) is 4.57. The van der Waals surface area contributed by atoms with Crippen molar-refractivity contribution in [3.8, 4) is 0 Å². The smallest absolute Gasteiger partial charge is 0.202 e. The van der Waals surface area contributed by atoms with Crippen LogP contribution in [0.15, 0.2) is 0 Å². The molecule has 0 aromatic carbocycles. The molecule has 1 aliphatic rings. The molecular weight excluding hydrogens is 250 g/mol. The molecule has 20 heavy (non-hydrogen) atoms. The number of hydrogen-bond donors (Lipinski definition) is 1. The Balaban J connectivity index is 2.17. The van der Waals surface area contributed by atoms with Gasteiger partial charge in [-0.25, -0.2) is 9.67 Å². The number of fused-ring (bicyclic) bond motifs is 1. The van der Waals surface area contributed by atoms with E-state index >= 15 is 0 Å². The van der Waals surface area contributed by atoms with Crippen LogP contribution in [0.3, 0.4) is 0 Å². The Hall–Kier alpha value is -1.52. The Bertz CT molecular complexity index is 624. The monoisotopic (exact) mass is 275 g/mol. The second-order valence-corrected chi connectivity index (χ2v) is 6.25. The molecule has 0 aliphatic heterocycles. The summed E-state index contributed by atoms with van der Waals surface area (Å²) >= 11 is 0. The first-order chi connectivity index (χ1) is 9.54. The van der Waals surface area contributed by atoms with E-state index in [9.17, 15) is 0 Å². The van der Waals surface area contributed by atoms with E-state index in [0.29, 0.717) is 17.9 Å². The fourth-order valence-corrected chi connectivity index (χ4v) is 3.67. The minimum Gasteiger partial charge on any atom is -0.369 e. The third-order valence-electron chi connectivity index (χ3n) is 5.07. The van der Waals surface area contributed by atoms with Crippen LogP contribution in [0, 0.1) is 18.8 Å². The van der Waals surface area contributed by atoms with E-state index in [1.54, 1.807) is 0 Å². The van der Waals surface area contributed by atoms with Gasteiger partial charge in [-0.2, -0.15) is 5.10 Å². The van der Waals surface area contributed by atoms with Crippen molar-refractivity contribution in [1.29, 1.82) is 0 Å². The maximum Gasteiger partial charge on any atom is 0.202 e. The van der Waals surface area contributed by atoms with Crippen molar-refractivity contribution in [3.05, 3.63) is 5.69 Å². The standard InChI is InChI=1S/C15H25N5/c1-5-19-14-13(11(4)18-19)17-15(16)20(14)12-8-6-7-9(2)10(12)3/h9-10,12H,5-8H2,1-4H3,(H2,16,17). The van der Waals surface area contributed by atoms with Gasteiger partial charge in [0.05, 0.1) is 5.69 Å². The molecule has 1 saturated carbocycles. The van der Waals surface area contributed by atoms with Crippen LogP contribution in [0.5, 0.6) is 0 Å². The fourth-order valence-electron chi connectivity index (χ4n) is 3.67. The molecule has 0 bridgehead atoms. The zero-order valence-electron chi connectivity index (χ0n) is 12.9. The van der Waals surface area contributed by atoms with Gasteiger partial charge in [-0.15, -0.1) is 0 Å². The van der Waals surface area contributed by atoms with Gasteiger partial charge in [0.25, 0.3) is 0 Å². The van der Waals surface area contributed by atoms with Crippen LogP contribution in [0.2, 0.25) is 0 Å². The quantitative estimate of drug-likeness (QED) is 0.916. The molecular formula is C15H25N5. The molecule has 3 atom stereocenters. The predicted octanol–water partition coefficient (Wildman–Crippen LogP) is 3.14. The Kier molecular flexibility index (Phi) is 3.22. The lowest BCUT2D eigenvalue weighted by molar-refractivity contribution is 0.190. The Morgan fingerprint density at radius 1 is 1.30 bits per heavy atom. The summed E-state index contributed by atoms with van der Waals surface area (Å²) in [6.07, 6.45) is 3.78. The first kappa shape index (κ1) is 13.5. The van der Waals surface area contributed by atoms with Gasteiger partial charge in [-0.05, 0) is 32.1 Å². The molecule has 110 valence electrons. The van der Waals surface area contributed by atoms with Crippen LogP contribution in [0.25, 0.3) is 11.2 Å². The largest absolute Gasteiger partial charge is 0.369 e. The van der Waals surface area contributed by atoms with Crippen molar-refractivity contribution in [2.75, 3.05) is 5.73 Å². The molecule has 0 saturated heterocycles. The number of aromatic nitrogens is 4. The number of imidazole rings is 1. The minimum absolute atomic E-state index is 0.449. The minimum atomic E-state index is 0.449. The molecule has 3 rings (SSSR count). The average Bonchev–Trinajstić information content (AvgIpc) is 2.90. The van der Waals surface area contributed by atoms with Gasteiger partial charge in [0.2, 0.25) is 5.95 Å². The van der Waals surface area contributed by atoms with Crippen molar-refractivity contribution in [3.63, 3.8) is 0 Å². The highest BCUT2D eigenvalue weighted by Crippen LogP contribution is 2.40. The number of nitrogens with zero attached hydrogens (tertiary/aromatic N) is 4. The molecule has 2 aromatic rings. The fraction of sp³-hybridized carbons (Fsp3) is 0.733. The third kappa shape index (κ3) is 1.83. The topological polar surface area (TPSA) is 61.7 Å². The van der Waals surface area contributed by atoms with E-state index in [0.717, 1.165) is 29.3 Å². The summed E-state index contributed by atoms with van der Waals surface area (Å²) in [5.41, 5.74) is 9.29. The predicted molar refractivity (Wildman–Crippen MR) is 81.6 cm³/mol. The van der Waals surface area contributed by atoms with Crippen LogP contribution >= 0.6 is 0 Å². The van der Waals surface area contributed by atoms with Gasteiger partial charge < -0.3 is 5.73 Å². The van der Waals surface area contributed by atoms with E-state index in [-0.39, 0.29) is 0 Å². The molecule has 5 heteroatoms. The Morgan fingerprint density at radius 3 is 2.75 bits per heavy atom. The van der Waals surface area contributed by atoms with E-state index < -0.39 is 0 Å². The average molecular weight is 275 g/mol. The number of nitrogens with two attached hydrogens (primary N) is 1. The van der Waals surface area contributed by atoms with Crippen LogP contribution in [-0.4, -0.2) is 19.3 Å². The summed E-state index contributed by atoms with van der Waals surface area (Å²) < 4.78 is 4.29. The number of nitrogen functional groups attached to an aromatic ring is 1. The van der Waals surface area contributed by atoms with Crippen molar-refractivity contribution < 1.29 is 0 Å². The lowest BCUT2D eigenvalue weighted by atomic mass is 9.78. The van der Waals surface area contributed by atoms with Gasteiger partial charge in [0.15, 0.2) is 5.65 Å². The highest BCUT2D eigenvalue weighted by atomic mass is 15.4. The van der Waals surface area contributed by atoms with Crippen molar-refractivity contribution >= 4 is 17.1 Å². The second kappa shape index (κ2) is 4.79. The van der Waals surface area contributed by atoms with Crippen LogP contribution in [-0.2, 0) is 6.54 Å². The van der Waals surface area contributed by atoms with Crippen LogP contribution < -0.4 is 5.73 Å². The molecule has 2 N–H and O–H groups in total. The first-order valence-electron chi connectivity index (χ1n) is 7.75. The van der Waals surface area contributed by atoms with Gasteiger partial charge in [0, 0.05) is 12.6 Å². The molecule has 0 spiro atoms. The zero-order chi connectivity index (χ0) is 14.4. The maximum atomic E-state index is 6.24. The number of rotatable bonds is 2. The molecule has 0 radical (unpaired) electrons. The number of anilines is 1. The lowest BCUT2D eigenvalue weighted by Crippen LogP contribution is -2.28.